The van der Waals surface area contributed by atoms with Gasteiger partial charge >= 0.3 is 6.18 Å². The number of rotatable bonds is 6. The maximum Gasteiger partial charge on any atom is 0.416 e. The van der Waals surface area contributed by atoms with Crippen molar-refractivity contribution < 1.29 is 26.4 Å². The van der Waals surface area contributed by atoms with Crippen molar-refractivity contribution in [2.24, 2.45) is 0 Å². The van der Waals surface area contributed by atoms with Crippen molar-refractivity contribution in [3.8, 4) is 0 Å². The Kier molecular flexibility index (Phi) is 5.98. The summed E-state index contributed by atoms with van der Waals surface area (Å²) in [4.78, 5) is 14.4. The minimum atomic E-state index is -4.61. The minimum absolute atomic E-state index is 0.000754. The molecule has 0 N–H and O–H groups in total. The van der Waals surface area contributed by atoms with Gasteiger partial charge in [0.15, 0.2) is 5.78 Å². The van der Waals surface area contributed by atoms with Crippen molar-refractivity contribution in [3.05, 3.63) is 52.8 Å². The van der Waals surface area contributed by atoms with E-state index in [-0.39, 0.29) is 30.3 Å². The van der Waals surface area contributed by atoms with Crippen LogP contribution in [0.3, 0.4) is 0 Å². The van der Waals surface area contributed by atoms with Gasteiger partial charge < -0.3 is 4.57 Å². The third-order valence-corrected chi connectivity index (χ3v) is 8.09. The van der Waals surface area contributed by atoms with Crippen molar-refractivity contribution in [2.75, 3.05) is 32.7 Å². The summed E-state index contributed by atoms with van der Waals surface area (Å²) in [5.41, 5.74) is 1.76. The number of hydrogen-bond donors (Lipinski definition) is 0. The van der Waals surface area contributed by atoms with Crippen LogP contribution in [0.1, 0.15) is 46.2 Å². The Bertz CT molecular complexity index is 1130. The van der Waals surface area contributed by atoms with E-state index in [1.807, 2.05) is 24.8 Å². The van der Waals surface area contributed by atoms with Gasteiger partial charge in [-0.15, -0.1) is 0 Å². The van der Waals surface area contributed by atoms with E-state index < -0.39 is 21.8 Å². The lowest BCUT2D eigenvalue weighted by Crippen LogP contribution is -2.49. The monoisotopic (exact) mass is 469 g/mol. The van der Waals surface area contributed by atoms with Crippen molar-refractivity contribution in [1.82, 2.24) is 13.8 Å². The molecule has 0 atom stereocenters. The number of alkyl halides is 3. The van der Waals surface area contributed by atoms with Crippen LogP contribution in [-0.4, -0.2) is 60.7 Å². The first-order chi connectivity index (χ1) is 15.0. The standard InChI is InChI=1S/C22H26F3N3O3S/c1-15-12-20(16(2)28(15)18-6-7-18)21(29)14-26-8-10-27(11-9-26)32(30,31)19-5-3-4-17(13-19)22(23,24)25/h3-5,12-13,18H,6-11,14H2,1-2H3. The molecule has 1 saturated heterocycles. The van der Waals surface area contributed by atoms with E-state index in [4.69, 9.17) is 0 Å². The van der Waals surface area contributed by atoms with Gasteiger partial charge in [-0.3, -0.25) is 9.69 Å². The maximum atomic E-state index is 13.0. The predicted molar refractivity (Wildman–Crippen MR) is 113 cm³/mol. The number of aromatic nitrogens is 1. The number of sulfonamides is 1. The zero-order valence-electron chi connectivity index (χ0n) is 18.0. The second kappa shape index (κ2) is 8.31. The second-order valence-electron chi connectivity index (χ2n) is 8.51. The zero-order chi connectivity index (χ0) is 23.3. The van der Waals surface area contributed by atoms with E-state index in [2.05, 4.69) is 4.57 Å². The number of ketones is 1. The lowest BCUT2D eigenvalue weighted by Gasteiger charge is -2.33. The van der Waals surface area contributed by atoms with Crippen molar-refractivity contribution in [3.63, 3.8) is 0 Å². The van der Waals surface area contributed by atoms with Crippen LogP contribution in [0.25, 0.3) is 0 Å². The van der Waals surface area contributed by atoms with E-state index in [1.165, 1.54) is 10.4 Å². The van der Waals surface area contributed by atoms with Crippen molar-refractivity contribution >= 4 is 15.8 Å². The molecular formula is C22H26F3N3O3S. The highest BCUT2D eigenvalue weighted by atomic mass is 32.2. The number of carbonyl (C=O) groups excluding carboxylic acids is 1. The second-order valence-corrected chi connectivity index (χ2v) is 10.5. The molecule has 6 nitrogen and oxygen atoms in total. The van der Waals surface area contributed by atoms with E-state index in [9.17, 15) is 26.4 Å². The Morgan fingerprint density at radius 2 is 1.72 bits per heavy atom. The molecule has 0 spiro atoms. The van der Waals surface area contributed by atoms with Crippen molar-refractivity contribution in [1.29, 1.82) is 0 Å². The van der Waals surface area contributed by atoms with Crippen molar-refractivity contribution in [2.45, 2.75) is 43.8 Å². The summed E-state index contributed by atoms with van der Waals surface area (Å²) in [7, 11) is -4.04. The van der Waals surface area contributed by atoms with E-state index >= 15 is 0 Å². The molecule has 1 aliphatic carbocycles. The summed E-state index contributed by atoms with van der Waals surface area (Å²) < 4.78 is 68.0. The average molecular weight is 470 g/mol. The molecule has 2 fully saturated rings. The highest BCUT2D eigenvalue weighted by Crippen LogP contribution is 2.38. The summed E-state index contributed by atoms with van der Waals surface area (Å²) in [5, 5.41) is 0. The van der Waals surface area contributed by atoms with Gasteiger partial charge in [0.25, 0.3) is 0 Å². The third-order valence-electron chi connectivity index (χ3n) is 6.19. The Labute approximate surface area is 185 Å². The molecule has 1 aromatic heterocycles. The highest BCUT2D eigenvalue weighted by Gasteiger charge is 2.34. The first kappa shape index (κ1) is 23.0. The van der Waals surface area contributed by atoms with Gasteiger partial charge in [0.1, 0.15) is 0 Å². The molecule has 1 saturated carbocycles. The normalized spacial score (nSPS) is 18.8. The fourth-order valence-electron chi connectivity index (χ4n) is 4.35. The Morgan fingerprint density at radius 3 is 2.31 bits per heavy atom. The number of piperazine rings is 1. The average Bonchev–Trinajstić information content (AvgIpc) is 3.52. The van der Waals surface area contributed by atoms with Crippen LogP contribution in [0.4, 0.5) is 13.2 Å². The van der Waals surface area contributed by atoms with E-state index in [0.29, 0.717) is 30.8 Å². The van der Waals surface area contributed by atoms with Gasteiger partial charge in [0.05, 0.1) is 17.0 Å². The number of Topliss-reactive ketones (excluding diaryl/α,β-unsaturated/α-hetero) is 1. The quantitative estimate of drug-likeness (QED) is 0.606. The molecule has 174 valence electrons. The largest absolute Gasteiger partial charge is 0.416 e. The number of hydrogen-bond acceptors (Lipinski definition) is 4. The Morgan fingerprint density at radius 1 is 1.06 bits per heavy atom. The number of aryl methyl sites for hydroxylation is 1. The molecule has 0 amide bonds. The summed E-state index contributed by atoms with van der Waals surface area (Å²) in [5.74, 6) is -0.000754. The lowest BCUT2D eigenvalue weighted by atomic mass is 10.1. The Hall–Kier alpha value is -2.17. The van der Waals surface area contributed by atoms with Gasteiger partial charge in [-0.1, -0.05) is 6.07 Å². The maximum absolute atomic E-state index is 13.0. The highest BCUT2D eigenvalue weighted by molar-refractivity contribution is 7.89. The van der Waals surface area contributed by atoms with Crippen LogP contribution < -0.4 is 0 Å². The summed E-state index contributed by atoms with van der Waals surface area (Å²) in [6.45, 7) is 5.06. The number of carbonyl (C=O) groups is 1. The van der Waals surface area contributed by atoms with Gasteiger partial charge in [0, 0.05) is 49.2 Å². The third kappa shape index (κ3) is 4.49. The first-order valence-corrected chi connectivity index (χ1v) is 12.0. The van der Waals surface area contributed by atoms with Crippen LogP contribution in [0.15, 0.2) is 35.2 Å². The van der Waals surface area contributed by atoms with Crippen LogP contribution in [0, 0.1) is 13.8 Å². The smallest absolute Gasteiger partial charge is 0.345 e. The number of halogens is 3. The molecular weight excluding hydrogens is 443 g/mol. The number of benzene rings is 1. The topological polar surface area (TPSA) is 62.6 Å². The molecule has 1 aliphatic heterocycles. The molecule has 0 radical (unpaired) electrons. The molecule has 32 heavy (non-hydrogen) atoms. The van der Waals surface area contributed by atoms with Crippen LogP contribution in [0.2, 0.25) is 0 Å². The minimum Gasteiger partial charge on any atom is -0.345 e. The molecule has 10 heteroatoms. The van der Waals surface area contributed by atoms with Crippen LogP contribution in [-0.2, 0) is 16.2 Å². The lowest BCUT2D eigenvalue weighted by molar-refractivity contribution is -0.137. The molecule has 2 aromatic rings. The fourth-order valence-corrected chi connectivity index (χ4v) is 5.82. The molecule has 1 aromatic carbocycles. The van der Waals surface area contributed by atoms with Gasteiger partial charge in [-0.05, 0) is 51.0 Å². The summed E-state index contributed by atoms with van der Waals surface area (Å²) >= 11 is 0. The van der Waals surface area contributed by atoms with Gasteiger partial charge in [-0.2, -0.15) is 17.5 Å². The molecule has 0 bridgehead atoms. The zero-order valence-corrected chi connectivity index (χ0v) is 18.8. The molecule has 0 unspecified atom stereocenters. The fraction of sp³-hybridized carbons (Fsp3) is 0.500. The SMILES string of the molecule is Cc1cc(C(=O)CN2CCN(S(=O)(=O)c3cccc(C(F)(F)F)c3)CC2)c(C)n1C1CC1. The van der Waals surface area contributed by atoms with Gasteiger partial charge in [0.2, 0.25) is 10.0 Å². The van der Waals surface area contributed by atoms with Gasteiger partial charge in [-0.25, -0.2) is 8.42 Å². The first-order valence-electron chi connectivity index (χ1n) is 10.6. The Balaban J connectivity index is 1.40. The molecule has 4 rings (SSSR count). The van der Waals surface area contributed by atoms with E-state index in [0.717, 1.165) is 36.4 Å². The van der Waals surface area contributed by atoms with E-state index in [1.54, 1.807) is 0 Å². The molecule has 2 aliphatic rings. The molecule has 2 heterocycles. The predicted octanol–water partition coefficient (Wildman–Crippen LogP) is 3.65. The summed E-state index contributed by atoms with van der Waals surface area (Å²) in [6, 6.07) is 6.20. The number of nitrogens with zero attached hydrogens (tertiary/aromatic N) is 3. The summed E-state index contributed by atoms with van der Waals surface area (Å²) in [6.07, 6.45) is -2.35. The van der Waals surface area contributed by atoms with Crippen LogP contribution >= 0.6 is 0 Å². The van der Waals surface area contributed by atoms with Crippen LogP contribution in [0.5, 0.6) is 0 Å².